The number of para-hydroxylation sites is 1. The molecule has 0 bridgehead atoms. The molecular weight excluding hydrogens is 558 g/mol. The van der Waals surface area contributed by atoms with Crippen LogP contribution >= 0.6 is 0 Å². The van der Waals surface area contributed by atoms with Crippen LogP contribution in [0.15, 0.2) is 46.5 Å². The number of carbonyl (C=O) groups excluding carboxylic acids is 2. The molecule has 1 spiro atoms. The number of aliphatic imine (C=N–C) groups is 2. The van der Waals surface area contributed by atoms with Gasteiger partial charge in [0, 0.05) is 24.8 Å². The Morgan fingerprint density at radius 2 is 1.98 bits per heavy atom. The van der Waals surface area contributed by atoms with Crippen molar-refractivity contribution in [3.8, 4) is 11.5 Å². The molecule has 4 aliphatic heterocycles. The van der Waals surface area contributed by atoms with Crippen LogP contribution in [0.25, 0.3) is 0 Å². The highest BCUT2D eigenvalue weighted by molar-refractivity contribution is 5.98. The predicted octanol–water partition coefficient (Wildman–Crippen LogP) is -1.65. The van der Waals surface area contributed by atoms with Crippen LogP contribution in [0.3, 0.4) is 0 Å². The summed E-state index contributed by atoms with van der Waals surface area (Å²) in [4.78, 5) is 41.0. The number of nitrogens with one attached hydrogen (secondary N) is 3. The molecule has 2 amide bonds. The van der Waals surface area contributed by atoms with E-state index >= 15 is 0 Å². The summed E-state index contributed by atoms with van der Waals surface area (Å²) in [6.45, 7) is 4.41. The molecule has 1 aromatic carbocycles. The largest absolute Gasteiger partial charge is 0.494 e. The molecule has 5 heterocycles. The van der Waals surface area contributed by atoms with Crippen molar-refractivity contribution in [2.45, 2.75) is 55.3 Å². The fourth-order valence-corrected chi connectivity index (χ4v) is 6.44. The fraction of sp³-hybridized carbons (Fsp3) is 0.464. The van der Waals surface area contributed by atoms with Gasteiger partial charge in [-0.25, -0.2) is 15.0 Å². The summed E-state index contributed by atoms with van der Waals surface area (Å²) < 4.78 is 11.1. The van der Waals surface area contributed by atoms with Gasteiger partial charge in [0.1, 0.15) is 23.6 Å². The Hall–Kier alpha value is -4.63. The highest BCUT2D eigenvalue weighted by Gasteiger charge is 2.73. The Kier molecular flexibility index (Phi) is 6.61. The topological polar surface area (TPSA) is 222 Å². The maximum atomic E-state index is 13.6. The molecule has 1 aromatic heterocycles. The van der Waals surface area contributed by atoms with Crippen LogP contribution in [-0.4, -0.2) is 100 Å². The van der Waals surface area contributed by atoms with E-state index in [0.717, 1.165) is 12.0 Å². The molecule has 9 N–H and O–H groups in total. The zero-order valence-corrected chi connectivity index (χ0v) is 24.0. The molecule has 1 fully saturated rings. The van der Waals surface area contributed by atoms with Gasteiger partial charge in [-0.05, 0) is 30.0 Å². The molecular formula is C28H35N9O6. The minimum absolute atomic E-state index is 0.0466. The van der Waals surface area contributed by atoms with Gasteiger partial charge in [-0.3, -0.25) is 9.59 Å². The number of aliphatic hydroxyl groups is 2. The lowest BCUT2D eigenvalue weighted by molar-refractivity contribution is -0.230. The summed E-state index contributed by atoms with van der Waals surface area (Å²) in [7, 11) is 1.43. The number of ether oxygens (including phenoxy) is 2. The molecule has 15 heteroatoms. The molecule has 1 saturated heterocycles. The SMILES string of the molecule is COc1cccnc1C(=O)NC[C@@H]1N=C(N)N2C[C@H](NC(=O)c3cccc4c3OCCC4(C)C)C(O)(O)[C@@]23NC(N)=N[C@@H]13. The maximum Gasteiger partial charge on any atom is 0.273 e. The Balaban J connectivity index is 1.26. The number of hydrogen-bond donors (Lipinski definition) is 7. The van der Waals surface area contributed by atoms with Crippen molar-refractivity contribution < 1.29 is 29.3 Å². The summed E-state index contributed by atoms with van der Waals surface area (Å²) in [5.41, 5.74) is 11.7. The van der Waals surface area contributed by atoms with E-state index in [-0.39, 0.29) is 47.4 Å². The van der Waals surface area contributed by atoms with Gasteiger partial charge >= 0.3 is 0 Å². The minimum Gasteiger partial charge on any atom is -0.494 e. The lowest BCUT2D eigenvalue weighted by Gasteiger charge is -2.49. The van der Waals surface area contributed by atoms with Crippen molar-refractivity contribution in [1.82, 2.24) is 25.8 Å². The molecule has 228 valence electrons. The second kappa shape index (κ2) is 9.98. The fourth-order valence-electron chi connectivity index (χ4n) is 6.44. The molecule has 4 aliphatic rings. The average Bonchev–Trinajstić information content (AvgIpc) is 3.44. The van der Waals surface area contributed by atoms with E-state index in [2.05, 4.69) is 44.8 Å². The Bertz CT molecular complexity index is 1540. The number of hydrogen-bond acceptors (Lipinski definition) is 13. The van der Waals surface area contributed by atoms with Crippen LogP contribution in [0.4, 0.5) is 0 Å². The smallest absolute Gasteiger partial charge is 0.273 e. The van der Waals surface area contributed by atoms with E-state index in [1.807, 2.05) is 6.07 Å². The van der Waals surface area contributed by atoms with Gasteiger partial charge in [0.2, 0.25) is 5.79 Å². The number of nitrogens with two attached hydrogens (primary N) is 2. The normalized spacial score (nSPS) is 27.7. The van der Waals surface area contributed by atoms with E-state index in [1.54, 1.807) is 24.3 Å². The molecule has 6 rings (SSSR count). The van der Waals surface area contributed by atoms with Crippen molar-refractivity contribution in [2.75, 3.05) is 26.8 Å². The highest BCUT2D eigenvalue weighted by atomic mass is 16.5. The number of methoxy groups -OCH3 is 1. The molecule has 0 saturated carbocycles. The number of amides is 2. The van der Waals surface area contributed by atoms with Crippen LogP contribution in [0, 0.1) is 0 Å². The first-order chi connectivity index (χ1) is 20.4. The third-order valence-electron chi connectivity index (χ3n) is 8.75. The van der Waals surface area contributed by atoms with Gasteiger partial charge in [0.25, 0.3) is 11.8 Å². The summed E-state index contributed by atoms with van der Waals surface area (Å²) in [5.74, 6) is -3.08. The van der Waals surface area contributed by atoms with E-state index in [4.69, 9.17) is 20.9 Å². The Morgan fingerprint density at radius 3 is 2.74 bits per heavy atom. The van der Waals surface area contributed by atoms with Crippen LogP contribution < -0.4 is 36.9 Å². The number of guanidine groups is 2. The second-order valence-electron chi connectivity index (χ2n) is 11.7. The van der Waals surface area contributed by atoms with Gasteiger partial charge in [0.05, 0.1) is 25.3 Å². The summed E-state index contributed by atoms with van der Waals surface area (Å²) >= 11 is 0. The van der Waals surface area contributed by atoms with Gasteiger partial charge in [-0.1, -0.05) is 26.0 Å². The minimum atomic E-state index is -2.64. The average molecular weight is 594 g/mol. The molecule has 15 nitrogen and oxygen atoms in total. The summed E-state index contributed by atoms with van der Waals surface area (Å²) in [6, 6.07) is 5.48. The highest BCUT2D eigenvalue weighted by Crippen LogP contribution is 2.45. The van der Waals surface area contributed by atoms with Crippen molar-refractivity contribution in [1.29, 1.82) is 0 Å². The Labute approximate surface area is 247 Å². The summed E-state index contributed by atoms with van der Waals surface area (Å²) in [5, 5.41) is 31.9. The van der Waals surface area contributed by atoms with E-state index in [9.17, 15) is 19.8 Å². The molecule has 0 unspecified atom stereocenters. The predicted molar refractivity (Wildman–Crippen MR) is 155 cm³/mol. The first kappa shape index (κ1) is 28.5. The second-order valence-corrected chi connectivity index (χ2v) is 11.7. The lowest BCUT2D eigenvalue weighted by atomic mass is 9.79. The molecule has 43 heavy (non-hydrogen) atoms. The van der Waals surface area contributed by atoms with Crippen LogP contribution in [0.5, 0.6) is 11.5 Å². The van der Waals surface area contributed by atoms with Gasteiger partial charge < -0.3 is 52.0 Å². The third-order valence-corrected chi connectivity index (χ3v) is 8.75. The lowest BCUT2D eigenvalue weighted by Crippen LogP contribution is -2.78. The van der Waals surface area contributed by atoms with Gasteiger partial charge in [0.15, 0.2) is 23.3 Å². The standard InChI is InChI=1S/C28H35N9O6/c1-26(2)9-11-43-20-14(6-4-7-15(20)26)22(38)34-18-13-37-25(30)33-16(21-27(37,28(18,40)41)36-24(29)35-21)12-32-23(39)19-17(42-3)8-5-10-31-19/h4-8,10,16,18,21,40-41H,9,11-13H2,1-3H3,(H2,30,33)(H,32,39)(H,34,38)(H3,29,35,36)/t16-,18-,21-,27-/m0/s1. The number of carbonyl (C=O) groups is 2. The molecule has 2 aromatic rings. The monoisotopic (exact) mass is 593 g/mol. The quantitative estimate of drug-likeness (QED) is 0.188. The van der Waals surface area contributed by atoms with Gasteiger partial charge in [-0.15, -0.1) is 0 Å². The van der Waals surface area contributed by atoms with Crippen LogP contribution in [0.1, 0.15) is 46.7 Å². The first-order valence-electron chi connectivity index (χ1n) is 13.9. The zero-order chi connectivity index (χ0) is 30.7. The van der Waals surface area contributed by atoms with E-state index in [0.29, 0.717) is 12.4 Å². The first-order valence-corrected chi connectivity index (χ1v) is 13.9. The van der Waals surface area contributed by atoms with Crippen molar-refractivity contribution >= 4 is 23.7 Å². The Morgan fingerprint density at radius 1 is 1.19 bits per heavy atom. The molecule has 0 aliphatic carbocycles. The van der Waals surface area contributed by atoms with Crippen molar-refractivity contribution in [3.05, 3.63) is 53.3 Å². The van der Waals surface area contributed by atoms with Crippen molar-refractivity contribution in [2.24, 2.45) is 21.5 Å². The van der Waals surface area contributed by atoms with Crippen LogP contribution in [-0.2, 0) is 5.41 Å². The van der Waals surface area contributed by atoms with E-state index in [1.165, 1.54) is 18.2 Å². The summed E-state index contributed by atoms with van der Waals surface area (Å²) in [6.07, 6.45) is 2.26. The molecule has 4 atom stereocenters. The van der Waals surface area contributed by atoms with E-state index < -0.39 is 41.4 Å². The number of pyridine rings is 1. The number of fused-ring (bicyclic) bond motifs is 1. The molecule has 0 radical (unpaired) electrons. The number of rotatable bonds is 6. The number of aromatic nitrogens is 1. The maximum absolute atomic E-state index is 13.6. The van der Waals surface area contributed by atoms with Crippen molar-refractivity contribution in [3.63, 3.8) is 0 Å². The third kappa shape index (κ3) is 4.29. The van der Waals surface area contributed by atoms with Crippen LogP contribution in [0.2, 0.25) is 0 Å². The number of nitrogens with zero attached hydrogens (tertiary/aromatic N) is 4. The number of benzene rings is 1. The zero-order valence-electron chi connectivity index (χ0n) is 24.0. The van der Waals surface area contributed by atoms with Gasteiger partial charge in [-0.2, -0.15) is 0 Å².